The number of para-hydroxylation sites is 1. The molecule has 0 aliphatic heterocycles. The monoisotopic (exact) mass is 348 g/mol. The number of rotatable bonds is 3. The second kappa shape index (κ2) is 6.08. The summed E-state index contributed by atoms with van der Waals surface area (Å²) in [5, 5.41) is 6.93. The van der Waals surface area contributed by atoms with E-state index < -0.39 is 11.7 Å². The average Bonchev–Trinajstić information content (AvgIpc) is 2.87. The third-order valence-electron chi connectivity index (χ3n) is 3.56. The first-order valence-corrected chi connectivity index (χ1v) is 7.34. The molecule has 3 N–H and O–H groups in total. The van der Waals surface area contributed by atoms with Gasteiger partial charge in [0.25, 0.3) is 0 Å². The van der Waals surface area contributed by atoms with Gasteiger partial charge in [-0.15, -0.1) is 0 Å². The molecule has 0 atom stereocenters. The molecule has 0 spiro atoms. The molecular weight excluding hydrogens is 333 g/mol. The van der Waals surface area contributed by atoms with Gasteiger partial charge < -0.3 is 11.1 Å². The Labute approximate surface area is 141 Å². The van der Waals surface area contributed by atoms with Crippen LogP contribution in [0.3, 0.4) is 0 Å². The highest BCUT2D eigenvalue weighted by molar-refractivity contribution is 5.75. The Bertz CT molecular complexity index is 916. The fourth-order valence-corrected chi connectivity index (χ4v) is 2.46. The van der Waals surface area contributed by atoms with Gasteiger partial charge in [-0.25, -0.2) is 14.6 Å². The molecule has 0 amide bonds. The quantitative estimate of drug-likeness (QED) is 0.755. The number of hydrogen-bond acceptors (Lipinski definition) is 5. The van der Waals surface area contributed by atoms with Crippen molar-refractivity contribution in [2.24, 2.45) is 0 Å². The van der Waals surface area contributed by atoms with Crippen LogP contribution in [0.25, 0.3) is 5.82 Å². The van der Waals surface area contributed by atoms with E-state index in [9.17, 15) is 13.2 Å². The van der Waals surface area contributed by atoms with Crippen molar-refractivity contribution in [2.75, 3.05) is 11.1 Å². The van der Waals surface area contributed by atoms with Crippen LogP contribution in [0.1, 0.15) is 17.0 Å². The Kier molecular flexibility index (Phi) is 4.07. The minimum atomic E-state index is -4.50. The molecule has 0 bridgehead atoms. The number of halogens is 3. The van der Waals surface area contributed by atoms with E-state index in [1.165, 1.54) is 29.2 Å². The molecule has 0 fully saturated rings. The molecule has 6 nitrogen and oxygen atoms in total. The summed E-state index contributed by atoms with van der Waals surface area (Å²) in [5.41, 5.74) is 6.80. The third kappa shape index (κ3) is 3.25. The van der Waals surface area contributed by atoms with Crippen molar-refractivity contribution in [3.05, 3.63) is 53.6 Å². The van der Waals surface area contributed by atoms with Gasteiger partial charge in [0.2, 0.25) is 0 Å². The highest BCUT2D eigenvalue weighted by Crippen LogP contribution is 2.36. The van der Waals surface area contributed by atoms with Crippen LogP contribution in [0.15, 0.2) is 36.7 Å². The van der Waals surface area contributed by atoms with Crippen LogP contribution in [0.2, 0.25) is 0 Å². The fourth-order valence-electron chi connectivity index (χ4n) is 2.46. The number of hydrogen-bond donors (Lipinski definition) is 2. The van der Waals surface area contributed by atoms with E-state index in [4.69, 9.17) is 5.73 Å². The number of alkyl halides is 3. The molecule has 9 heteroatoms. The number of nitrogens with one attached hydrogen (secondary N) is 1. The van der Waals surface area contributed by atoms with Crippen molar-refractivity contribution >= 4 is 17.2 Å². The van der Waals surface area contributed by atoms with Gasteiger partial charge >= 0.3 is 6.18 Å². The van der Waals surface area contributed by atoms with Crippen molar-refractivity contribution in [3.63, 3.8) is 0 Å². The predicted molar refractivity (Wildman–Crippen MR) is 87.8 cm³/mol. The zero-order valence-corrected chi connectivity index (χ0v) is 13.5. The highest BCUT2D eigenvalue weighted by Gasteiger charge is 2.33. The minimum Gasteiger partial charge on any atom is -0.393 e. The zero-order valence-electron chi connectivity index (χ0n) is 13.5. The Hall–Kier alpha value is -3.10. The van der Waals surface area contributed by atoms with Crippen LogP contribution in [-0.4, -0.2) is 19.7 Å². The molecule has 0 aliphatic carbocycles. The number of aryl methyl sites for hydroxylation is 2. The molecule has 0 unspecified atom stereocenters. The summed E-state index contributed by atoms with van der Waals surface area (Å²) in [6.07, 6.45) is -3.27. The second-order valence-corrected chi connectivity index (χ2v) is 5.47. The number of benzene rings is 1. The van der Waals surface area contributed by atoms with Crippen molar-refractivity contribution < 1.29 is 13.2 Å². The van der Waals surface area contributed by atoms with Crippen LogP contribution in [0.4, 0.5) is 30.4 Å². The largest absolute Gasteiger partial charge is 0.418 e. The van der Waals surface area contributed by atoms with Gasteiger partial charge in [-0.3, -0.25) is 0 Å². The van der Waals surface area contributed by atoms with Gasteiger partial charge in [-0.1, -0.05) is 12.1 Å². The maximum atomic E-state index is 13.1. The maximum Gasteiger partial charge on any atom is 0.418 e. The topological polar surface area (TPSA) is 81.7 Å². The van der Waals surface area contributed by atoms with Gasteiger partial charge in [-0.05, 0) is 32.0 Å². The number of anilines is 3. The molecule has 2 heterocycles. The lowest BCUT2D eigenvalue weighted by Gasteiger charge is -2.16. The van der Waals surface area contributed by atoms with Gasteiger partial charge in [0.1, 0.15) is 12.0 Å². The normalized spacial score (nSPS) is 11.6. The Morgan fingerprint density at radius 2 is 1.84 bits per heavy atom. The molecule has 0 saturated heterocycles. The van der Waals surface area contributed by atoms with E-state index >= 15 is 0 Å². The molecule has 0 aliphatic rings. The van der Waals surface area contributed by atoms with Crippen molar-refractivity contribution in [1.82, 2.24) is 19.7 Å². The van der Waals surface area contributed by atoms with Crippen LogP contribution >= 0.6 is 0 Å². The molecule has 130 valence electrons. The summed E-state index contributed by atoms with van der Waals surface area (Å²) in [5.74, 6) is 0.377. The highest BCUT2D eigenvalue weighted by atomic mass is 19.4. The van der Waals surface area contributed by atoms with E-state index in [0.717, 1.165) is 17.5 Å². The summed E-state index contributed by atoms with van der Waals surface area (Å²) in [7, 11) is 0. The number of aromatic nitrogens is 4. The zero-order chi connectivity index (χ0) is 18.2. The average molecular weight is 348 g/mol. The van der Waals surface area contributed by atoms with Gasteiger partial charge in [-0.2, -0.15) is 18.3 Å². The van der Waals surface area contributed by atoms with Gasteiger partial charge in [0, 0.05) is 5.69 Å². The van der Waals surface area contributed by atoms with Crippen molar-refractivity contribution in [3.8, 4) is 5.82 Å². The predicted octanol–water partition coefficient (Wildman–Crippen LogP) is 3.62. The molecule has 3 rings (SSSR count). The standard InChI is InChI=1S/C16H15F3N6/c1-9-7-10(2)25(24-9)15-13(20)14(21-8-22-15)23-12-6-4-3-5-11(12)16(17,18)19/h3-8H,20H2,1-2H3,(H,21,22,23). The molecule has 3 aromatic rings. The molecule has 0 saturated carbocycles. The van der Waals surface area contributed by atoms with Gasteiger partial charge in [0.05, 0.1) is 16.9 Å². The Morgan fingerprint density at radius 1 is 1.12 bits per heavy atom. The molecule has 1 aromatic carbocycles. The smallest absolute Gasteiger partial charge is 0.393 e. The van der Waals surface area contributed by atoms with Crippen LogP contribution in [0, 0.1) is 13.8 Å². The van der Waals surface area contributed by atoms with E-state index in [1.807, 2.05) is 19.9 Å². The lowest BCUT2D eigenvalue weighted by atomic mass is 10.1. The molecule has 25 heavy (non-hydrogen) atoms. The Morgan fingerprint density at radius 3 is 2.48 bits per heavy atom. The number of nitrogens with two attached hydrogens (primary N) is 1. The lowest BCUT2D eigenvalue weighted by molar-refractivity contribution is -0.136. The number of nitrogen functional groups attached to an aromatic ring is 1. The van der Waals surface area contributed by atoms with Crippen LogP contribution < -0.4 is 11.1 Å². The fraction of sp³-hybridized carbons (Fsp3) is 0.188. The van der Waals surface area contributed by atoms with E-state index in [2.05, 4.69) is 20.4 Å². The summed E-state index contributed by atoms with van der Waals surface area (Å²) in [4.78, 5) is 8.06. The van der Waals surface area contributed by atoms with Gasteiger partial charge in [0.15, 0.2) is 11.6 Å². The first-order chi connectivity index (χ1) is 11.8. The van der Waals surface area contributed by atoms with Crippen LogP contribution in [0.5, 0.6) is 0 Å². The summed E-state index contributed by atoms with van der Waals surface area (Å²) >= 11 is 0. The first-order valence-electron chi connectivity index (χ1n) is 7.34. The minimum absolute atomic E-state index is 0.0780. The van der Waals surface area contributed by atoms with E-state index in [0.29, 0.717) is 5.82 Å². The molecular formula is C16H15F3N6. The SMILES string of the molecule is Cc1cc(C)n(-c2ncnc(Nc3ccccc3C(F)(F)F)c2N)n1. The molecule has 2 aromatic heterocycles. The first kappa shape index (κ1) is 16.7. The summed E-state index contributed by atoms with van der Waals surface area (Å²) < 4.78 is 40.9. The van der Waals surface area contributed by atoms with Crippen molar-refractivity contribution in [2.45, 2.75) is 20.0 Å². The van der Waals surface area contributed by atoms with E-state index in [-0.39, 0.29) is 17.2 Å². The van der Waals surface area contributed by atoms with Crippen LogP contribution in [-0.2, 0) is 6.18 Å². The summed E-state index contributed by atoms with van der Waals surface area (Å²) in [6, 6.07) is 6.96. The number of nitrogens with zero attached hydrogens (tertiary/aromatic N) is 4. The molecule has 0 radical (unpaired) electrons. The van der Waals surface area contributed by atoms with Crippen molar-refractivity contribution in [1.29, 1.82) is 0 Å². The lowest BCUT2D eigenvalue weighted by Crippen LogP contribution is -2.12. The maximum absolute atomic E-state index is 13.1. The Balaban J connectivity index is 2.04. The summed E-state index contributed by atoms with van der Waals surface area (Å²) in [6.45, 7) is 3.65. The van der Waals surface area contributed by atoms with E-state index in [1.54, 1.807) is 0 Å². The second-order valence-electron chi connectivity index (χ2n) is 5.47. The third-order valence-corrected chi connectivity index (χ3v) is 3.56.